The molecule has 0 atom stereocenters. The average molecular weight is 236 g/mol. The van der Waals surface area contributed by atoms with Crippen LogP contribution < -0.4 is 10.6 Å². The fraction of sp³-hybridized carbons (Fsp3) is 0.182. The number of hydrogen-bond donors (Lipinski definition) is 2. The van der Waals surface area contributed by atoms with Crippen molar-refractivity contribution in [2.24, 2.45) is 5.92 Å². The van der Waals surface area contributed by atoms with Crippen LogP contribution in [0.4, 0.5) is 9.18 Å². The molecule has 1 saturated heterocycles. The van der Waals surface area contributed by atoms with Gasteiger partial charge < -0.3 is 0 Å². The summed E-state index contributed by atoms with van der Waals surface area (Å²) in [7, 11) is 0. The highest BCUT2D eigenvalue weighted by molar-refractivity contribution is 6.16. The minimum Gasteiger partial charge on any atom is -0.277 e. The van der Waals surface area contributed by atoms with Gasteiger partial charge in [0, 0.05) is 0 Å². The lowest BCUT2D eigenvalue weighted by Crippen LogP contribution is -2.56. The van der Waals surface area contributed by atoms with E-state index < -0.39 is 23.8 Å². The Morgan fingerprint density at radius 1 is 1.00 bits per heavy atom. The first-order chi connectivity index (χ1) is 8.06. The lowest BCUT2D eigenvalue weighted by Gasteiger charge is -2.20. The molecule has 0 radical (unpaired) electrons. The number of benzene rings is 1. The van der Waals surface area contributed by atoms with Crippen LogP contribution in [0.5, 0.6) is 0 Å². The maximum Gasteiger partial charge on any atom is 0.328 e. The van der Waals surface area contributed by atoms with Gasteiger partial charge >= 0.3 is 6.03 Å². The zero-order valence-electron chi connectivity index (χ0n) is 8.70. The van der Waals surface area contributed by atoms with E-state index in [-0.39, 0.29) is 12.2 Å². The van der Waals surface area contributed by atoms with Crippen LogP contribution in [0.25, 0.3) is 0 Å². The van der Waals surface area contributed by atoms with Crippen molar-refractivity contribution in [3.63, 3.8) is 0 Å². The molecule has 0 spiro atoms. The van der Waals surface area contributed by atoms with E-state index in [1.807, 2.05) is 10.6 Å². The largest absolute Gasteiger partial charge is 0.328 e. The molecule has 2 N–H and O–H groups in total. The standard InChI is InChI=1S/C11H9FN2O3/c12-7-3-1-6(2-4-7)5-8-9(15)13-11(17)14-10(8)16/h1-4,8H,5H2,(H2,13,14,15,16,17). The maximum atomic E-state index is 12.7. The molecule has 1 heterocycles. The predicted octanol–water partition coefficient (Wildman–Crippen LogP) is 0.350. The van der Waals surface area contributed by atoms with Crippen molar-refractivity contribution >= 4 is 17.8 Å². The molecule has 0 unspecified atom stereocenters. The van der Waals surface area contributed by atoms with E-state index in [0.717, 1.165) is 0 Å². The Kier molecular flexibility index (Phi) is 2.86. The number of imide groups is 2. The van der Waals surface area contributed by atoms with Gasteiger partial charge in [0.25, 0.3) is 0 Å². The number of carbonyl (C=O) groups is 3. The second kappa shape index (κ2) is 4.32. The van der Waals surface area contributed by atoms with Crippen LogP contribution in [-0.4, -0.2) is 17.8 Å². The third-order valence-electron chi connectivity index (χ3n) is 2.46. The summed E-state index contributed by atoms with van der Waals surface area (Å²) in [5, 5.41) is 4.02. The Labute approximate surface area is 96.0 Å². The molecule has 4 amide bonds. The van der Waals surface area contributed by atoms with E-state index in [9.17, 15) is 18.8 Å². The van der Waals surface area contributed by atoms with Crippen LogP contribution in [0.3, 0.4) is 0 Å². The number of urea groups is 1. The Morgan fingerprint density at radius 3 is 2.06 bits per heavy atom. The highest BCUT2D eigenvalue weighted by Gasteiger charge is 2.33. The smallest absolute Gasteiger partial charge is 0.277 e. The third-order valence-corrected chi connectivity index (χ3v) is 2.46. The SMILES string of the molecule is O=C1NC(=O)C(Cc2ccc(F)cc2)C(=O)N1. The fourth-order valence-electron chi connectivity index (χ4n) is 1.59. The van der Waals surface area contributed by atoms with Gasteiger partial charge in [-0.05, 0) is 24.1 Å². The lowest BCUT2D eigenvalue weighted by molar-refractivity contribution is -0.135. The van der Waals surface area contributed by atoms with Crippen molar-refractivity contribution in [3.05, 3.63) is 35.6 Å². The fourth-order valence-corrected chi connectivity index (χ4v) is 1.59. The molecule has 1 aromatic rings. The highest BCUT2D eigenvalue weighted by atomic mass is 19.1. The molecule has 1 aliphatic rings. The zero-order valence-corrected chi connectivity index (χ0v) is 8.70. The summed E-state index contributed by atoms with van der Waals surface area (Å²) < 4.78 is 12.7. The van der Waals surface area contributed by atoms with E-state index in [1.165, 1.54) is 24.3 Å². The number of halogens is 1. The van der Waals surface area contributed by atoms with Gasteiger partial charge in [-0.25, -0.2) is 9.18 Å². The Morgan fingerprint density at radius 2 is 1.53 bits per heavy atom. The van der Waals surface area contributed by atoms with Crippen LogP contribution in [0.1, 0.15) is 5.56 Å². The molecule has 0 saturated carbocycles. The first-order valence-corrected chi connectivity index (χ1v) is 4.96. The van der Waals surface area contributed by atoms with E-state index in [0.29, 0.717) is 5.56 Å². The van der Waals surface area contributed by atoms with Crippen LogP contribution in [-0.2, 0) is 16.0 Å². The molecule has 0 bridgehead atoms. The van der Waals surface area contributed by atoms with Crippen molar-refractivity contribution in [1.29, 1.82) is 0 Å². The van der Waals surface area contributed by atoms with Crippen LogP contribution in [0.2, 0.25) is 0 Å². The molecule has 6 heteroatoms. The lowest BCUT2D eigenvalue weighted by atomic mass is 9.96. The molecule has 0 aliphatic carbocycles. The Bertz CT molecular complexity index is 464. The molecular formula is C11H9FN2O3. The zero-order chi connectivity index (χ0) is 12.4. The first-order valence-electron chi connectivity index (χ1n) is 4.96. The summed E-state index contributed by atoms with van der Waals surface area (Å²) >= 11 is 0. The van der Waals surface area contributed by atoms with Gasteiger partial charge in [-0.1, -0.05) is 12.1 Å². The Hall–Kier alpha value is -2.24. The quantitative estimate of drug-likeness (QED) is 0.727. The van der Waals surface area contributed by atoms with E-state index in [4.69, 9.17) is 0 Å². The number of barbiturate groups is 1. The summed E-state index contributed by atoms with van der Waals surface area (Å²) in [6, 6.07) is 4.67. The molecule has 1 fully saturated rings. The van der Waals surface area contributed by atoms with Gasteiger partial charge in [-0.3, -0.25) is 20.2 Å². The predicted molar refractivity (Wildman–Crippen MR) is 55.3 cm³/mol. The van der Waals surface area contributed by atoms with Crippen LogP contribution >= 0.6 is 0 Å². The summed E-state index contributed by atoms with van der Waals surface area (Å²) in [5.74, 6) is -2.62. The van der Waals surface area contributed by atoms with Gasteiger partial charge in [0.1, 0.15) is 11.7 Å². The molecule has 5 nitrogen and oxygen atoms in total. The number of amides is 4. The van der Waals surface area contributed by atoms with E-state index >= 15 is 0 Å². The number of carbonyl (C=O) groups excluding carboxylic acids is 3. The normalized spacial score (nSPS) is 16.6. The number of rotatable bonds is 2. The second-order valence-corrected chi connectivity index (χ2v) is 3.69. The van der Waals surface area contributed by atoms with E-state index in [2.05, 4.69) is 0 Å². The van der Waals surface area contributed by atoms with Gasteiger partial charge in [-0.15, -0.1) is 0 Å². The van der Waals surface area contributed by atoms with Crippen molar-refractivity contribution in [2.75, 3.05) is 0 Å². The molecule has 0 aromatic heterocycles. The van der Waals surface area contributed by atoms with Crippen LogP contribution in [0, 0.1) is 11.7 Å². The minimum absolute atomic E-state index is 0.130. The van der Waals surface area contributed by atoms with Gasteiger partial charge in [-0.2, -0.15) is 0 Å². The van der Waals surface area contributed by atoms with Gasteiger partial charge in [0.15, 0.2) is 0 Å². The third kappa shape index (κ3) is 2.47. The van der Waals surface area contributed by atoms with Gasteiger partial charge in [0.2, 0.25) is 11.8 Å². The molecule has 1 aliphatic heterocycles. The molecule has 1 aromatic carbocycles. The van der Waals surface area contributed by atoms with Crippen molar-refractivity contribution < 1.29 is 18.8 Å². The van der Waals surface area contributed by atoms with Crippen LogP contribution in [0.15, 0.2) is 24.3 Å². The number of nitrogens with one attached hydrogen (secondary N) is 2. The van der Waals surface area contributed by atoms with Crippen molar-refractivity contribution in [3.8, 4) is 0 Å². The first kappa shape index (κ1) is 11.3. The second-order valence-electron chi connectivity index (χ2n) is 3.69. The minimum atomic E-state index is -0.960. The summed E-state index contributed by atoms with van der Waals surface area (Å²) in [6.07, 6.45) is 0.130. The topological polar surface area (TPSA) is 75.3 Å². The van der Waals surface area contributed by atoms with Crippen molar-refractivity contribution in [2.45, 2.75) is 6.42 Å². The molecule has 88 valence electrons. The Balaban J connectivity index is 2.12. The maximum absolute atomic E-state index is 12.7. The summed E-state index contributed by atoms with van der Waals surface area (Å²) in [6.45, 7) is 0. The average Bonchev–Trinajstić information content (AvgIpc) is 2.26. The van der Waals surface area contributed by atoms with Crippen molar-refractivity contribution in [1.82, 2.24) is 10.6 Å². The summed E-state index contributed by atoms with van der Waals surface area (Å²) in [4.78, 5) is 33.7. The highest BCUT2D eigenvalue weighted by Crippen LogP contribution is 2.12. The molecule has 17 heavy (non-hydrogen) atoms. The molecular weight excluding hydrogens is 227 g/mol. The van der Waals surface area contributed by atoms with Gasteiger partial charge in [0.05, 0.1) is 0 Å². The van der Waals surface area contributed by atoms with E-state index in [1.54, 1.807) is 0 Å². The monoisotopic (exact) mass is 236 g/mol. The number of hydrogen-bond acceptors (Lipinski definition) is 3. The summed E-state index contributed by atoms with van der Waals surface area (Å²) in [5.41, 5.74) is 0.649. The molecule has 2 rings (SSSR count).